The Labute approximate surface area is 131 Å². The van der Waals surface area contributed by atoms with Crippen LogP contribution in [0.5, 0.6) is 11.5 Å². The van der Waals surface area contributed by atoms with E-state index in [2.05, 4.69) is 45.7 Å². The Hall–Kier alpha value is -1.04. The molecule has 1 aromatic heterocycles. The SMILES string of the molecule is CCNC1COc2cc(OCc3cc(Br)cs3)ccc21. The molecule has 0 amide bonds. The average molecular weight is 354 g/mol. The van der Waals surface area contributed by atoms with Gasteiger partial charge in [0.25, 0.3) is 0 Å². The van der Waals surface area contributed by atoms with Gasteiger partial charge in [0.05, 0.1) is 6.04 Å². The largest absolute Gasteiger partial charge is 0.491 e. The maximum absolute atomic E-state index is 5.82. The summed E-state index contributed by atoms with van der Waals surface area (Å²) >= 11 is 5.14. The molecule has 1 atom stereocenters. The van der Waals surface area contributed by atoms with Crippen LogP contribution in [0.25, 0.3) is 0 Å². The molecule has 0 fully saturated rings. The Balaban J connectivity index is 1.67. The summed E-state index contributed by atoms with van der Waals surface area (Å²) in [4.78, 5) is 1.20. The van der Waals surface area contributed by atoms with Crippen LogP contribution in [-0.2, 0) is 6.61 Å². The van der Waals surface area contributed by atoms with Crippen LogP contribution in [-0.4, -0.2) is 13.2 Å². The van der Waals surface area contributed by atoms with Gasteiger partial charge in [-0.3, -0.25) is 0 Å². The first-order valence-corrected chi connectivity index (χ1v) is 8.29. The number of ether oxygens (including phenoxy) is 2. The lowest BCUT2D eigenvalue weighted by molar-refractivity contribution is 0.299. The number of hydrogen-bond acceptors (Lipinski definition) is 4. The average Bonchev–Trinajstić information content (AvgIpc) is 3.04. The van der Waals surface area contributed by atoms with E-state index in [0.717, 1.165) is 22.5 Å². The van der Waals surface area contributed by atoms with Crippen LogP contribution in [0.3, 0.4) is 0 Å². The van der Waals surface area contributed by atoms with Crippen LogP contribution in [0.1, 0.15) is 23.4 Å². The van der Waals surface area contributed by atoms with Crippen molar-refractivity contribution in [3.8, 4) is 11.5 Å². The van der Waals surface area contributed by atoms with Crippen LogP contribution in [0.4, 0.5) is 0 Å². The molecule has 106 valence electrons. The van der Waals surface area contributed by atoms with E-state index in [1.807, 2.05) is 12.1 Å². The van der Waals surface area contributed by atoms with Gasteiger partial charge in [-0.25, -0.2) is 0 Å². The minimum absolute atomic E-state index is 0.303. The summed E-state index contributed by atoms with van der Waals surface area (Å²) in [6.07, 6.45) is 0. The van der Waals surface area contributed by atoms with E-state index >= 15 is 0 Å². The summed E-state index contributed by atoms with van der Waals surface area (Å²) in [6.45, 7) is 4.34. The van der Waals surface area contributed by atoms with Crippen LogP contribution in [0, 0.1) is 0 Å². The van der Waals surface area contributed by atoms with Gasteiger partial charge in [-0.1, -0.05) is 6.92 Å². The van der Waals surface area contributed by atoms with Crippen molar-refractivity contribution in [2.75, 3.05) is 13.2 Å². The number of likely N-dealkylation sites (N-methyl/N-ethyl adjacent to an activating group) is 1. The topological polar surface area (TPSA) is 30.5 Å². The van der Waals surface area contributed by atoms with Crippen LogP contribution in [0.2, 0.25) is 0 Å². The molecule has 2 aromatic rings. The number of thiophene rings is 1. The molecule has 0 spiro atoms. The van der Waals surface area contributed by atoms with Gasteiger partial charge < -0.3 is 14.8 Å². The van der Waals surface area contributed by atoms with Gasteiger partial charge in [0.15, 0.2) is 0 Å². The number of fused-ring (bicyclic) bond motifs is 1. The summed E-state index contributed by atoms with van der Waals surface area (Å²) in [5.41, 5.74) is 1.22. The predicted molar refractivity (Wildman–Crippen MR) is 84.7 cm³/mol. The van der Waals surface area contributed by atoms with Crippen molar-refractivity contribution >= 4 is 27.3 Å². The van der Waals surface area contributed by atoms with Crippen molar-refractivity contribution in [3.05, 3.63) is 44.6 Å². The smallest absolute Gasteiger partial charge is 0.128 e. The molecule has 1 aromatic carbocycles. The minimum Gasteiger partial charge on any atom is -0.491 e. The number of benzene rings is 1. The molecule has 3 rings (SSSR count). The van der Waals surface area contributed by atoms with Gasteiger partial charge in [0.1, 0.15) is 24.7 Å². The molecule has 5 heteroatoms. The van der Waals surface area contributed by atoms with E-state index in [1.54, 1.807) is 11.3 Å². The van der Waals surface area contributed by atoms with E-state index in [0.29, 0.717) is 19.3 Å². The van der Waals surface area contributed by atoms with Crippen LogP contribution < -0.4 is 14.8 Å². The lowest BCUT2D eigenvalue weighted by Gasteiger charge is -2.09. The normalized spacial score (nSPS) is 16.8. The van der Waals surface area contributed by atoms with Crippen molar-refractivity contribution in [2.45, 2.75) is 19.6 Å². The van der Waals surface area contributed by atoms with Crippen molar-refractivity contribution in [3.63, 3.8) is 0 Å². The first kappa shape index (κ1) is 13.9. The second kappa shape index (κ2) is 6.16. The predicted octanol–water partition coefficient (Wildman–Crippen LogP) is 4.13. The van der Waals surface area contributed by atoms with Crippen molar-refractivity contribution < 1.29 is 9.47 Å². The van der Waals surface area contributed by atoms with E-state index in [4.69, 9.17) is 9.47 Å². The minimum atomic E-state index is 0.303. The van der Waals surface area contributed by atoms with Crippen molar-refractivity contribution in [2.24, 2.45) is 0 Å². The first-order valence-electron chi connectivity index (χ1n) is 6.62. The highest BCUT2D eigenvalue weighted by molar-refractivity contribution is 9.10. The first-order chi connectivity index (χ1) is 9.76. The molecule has 1 unspecified atom stereocenters. The summed E-state index contributed by atoms with van der Waals surface area (Å²) in [5.74, 6) is 1.78. The van der Waals surface area contributed by atoms with Gasteiger partial charge in [0.2, 0.25) is 0 Å². The third-order valence-corrected chi connectivity index (χ3v) is 4.89. The number of halogens is 1. The Morgan fingerprint density at radius 1 is 1.45 bits per heavy atom. The van der Waals surface area contributed by atoms with Gasteiger partial charge in [-0.2, -0.15) is 0 Å². The molecular formula is C15H16BrNO2S. The van der Waals surface area contributed by atoms with E-state index in [9.17, 15) is 0 Å². The van der Waals surface area contributed by atoms with Crippen LogP contribution in [0.15, 0.2) is 34.1 Å². The highest BCUT2D eigenvalue weighted by Gasteiger charge is 2.23. The number of nitrogens with one attached hydrogen (secondary N) is 1. The Bertz CT molecular complexity index is 599. The lowest BCUT2D eigenvalue weighted by Crippen LogP contribution is -2.21. The maximum Gasteiger partial charge on any atom is 0.128 e. The summed E-state index contributed by atoms with van der Waals surface area (Å²) in [6, 6.07) is 8.47. The molecular weight excluding hydrogens is 338 g/mol. The van der Waals surface area contributed by atoms with Crippen molar-refractivity contribution in [1.29, 1.82) is 0 Å². The number of rotatable bonds is 5. The van der Waals surface area contributed by atoms with Gasteiger partial charge >= 0.3 is 0 Å². The highest BCUT2D eigenvalue weighted by Crippen LogP contribution is 2.35. The summed E-state index contributed by atoms with van der Waals surface area (Å²) in [7, 11) is 0. The second-order valence-electron chi connectivity index (χ2n) is 4.64. The van der Waals surface area contributed by atoms with E-state index in [1.165, 1.54) is 10.4 Å². The fourth-order valence-corrected chi connectivity index (χ4v) is 3.64. The highest BCUT2D eigenvalue weighted by atomic mass is 79.9. The van der Waals surface area contributed by atoms with Gasteiger partial charge in [-0.15, -0.1) is 11.3 Å². The molecule has 1 aliphatic rings. The standard InChI is InChI=1S/C15H16BrNO2S/c1-2-17-14-8-19-15-6-11(3-4-13(14)15)18-7-12-5-10(16)9-20-12/h3-6,9,14,17H,2,7-8H2,1H3. The molecule has 3 nitrogen and oxygen atoms in total. The van der Waals surface area contributed by atoms with Crippen molar-refractivity contribution in [1.82, 2.24) is 5.32 Å². The summed E-state index contributed by atoms with van der Waals surface area (Å²) in [5, 5.41) is 5.47. The molecule has 0 radical (unpaired) electrons. The molecule has 20 heavy (non-hydrogen) atoms. The summed E-state index contributed by atoms with van der Waals surface area (Å²) < 4.78 is 12.6. The zero-order chi connectivity index (χ0) is 13.9. The molecule has 1 N–H and O–H groups in total. The molecule has 0 aliphatic carbocycles. The Kier molecular flexibility index (Phi) is 4.29. The van der Waals surface area contributed by atoms with Gasteiger partial charge in [-0.05, 0) is 40.7 Å². The fourth-order valence-electron chi connectivity index (χ4n) is 2.28. The van der Waals surface area contributed by atoms with Gasteiger partial charge in [0, 0.05) is 26.4 Å². The third kappa shape index (κ3) is 3.00. The Morgan fingerprint density at radius 2 is 2.35 bits per heavy atom. The van der Waals surface area contributed by atoms with E-state index < -0.39 is 0 Å². The van der Waals surface area contributed by atoms with Crippen LogP contribution >= 0.6 is 27.3 Å². The molecule has 1 aliphatic heterocycles. The lowest BCUT2D eigenvalue weighted by atomic mass is 10.1. The third-order valence-electron chi connectivity index (χ3n) is 3.22. The fraction of sp³-hybridized carbons (Fsp3) is 0.333. The molecule has 0 bridgehead atoms. The number of hydrogen-bond donors (Lipinski definition) is 1. The quantitative estimate of drug-likeness (QED) is 0.876. The Morgan fingerprint density at radius 3 is 3.10 bits per heavy atom. The molecule has 2 heterocycles. The molecule has 0 saturated carbocycles. The zero-order valence-corrected chi connectivity index (χ0v) is 13.6. The maximum atomic E-state index is 5.82. The van der Waals surface area contributed by atoms with E-state index in [-0.39, 0.29) is 0 Å². The second-order valence-corrected chi connectivity index (χ2v) is 6.55. The monoisotopic (exact) mass is 353 g/mol. The zero-order valence-electron chi connectivity index (χ0n) is 11.2. The molecule has 0 saturated heterocycles.